The second-order valence-electron chi connectivity index (χ2n) is 2.82. The summed E-state index contributed by atoms with van der Waals surface area (Å²) in [5.41, 5.74) is -1.57. The smallest absolute Gasteiger partial charge is 0.356 e. The molecule has 0 bridgehead atoms. The minimum atomic E-state index is -0.895. The minimum absolute atomic E-state index is 0.357. The van der Waals surface area contributed by atoms with Gasteiger partial charge in [0.25, 0.3) is 0 Å². The van der Waals surface area contributed by atoms with Crippen LogP contribution in [0.25, 0.3) is 0 Å². The third kappa shape index (κ3) is 2.42. The van der Waals surface area contributed by atoms with Crippen LogP contribution in [0.3, 0.4) is 0 Å². The van der Waals surface area contributed by atoms with Gasteiger partial charge in [-0.3, -0.25) is 4.79 Å². The molecule has 0 atom stereocenters. The Morgan fingerprint density at radius 1 is 1.00 bits per heavy atom. The number of H-pyrrole nitrogens is 1. The number of aromatic amines is 1. The monoisotopic (exact) mass is 279 g/mol. The summed E-state index contributed by atoms with van der Waals surface area (Å²) >= 11 is 11.2. The second-order valence-corrected chi connectivity index (χ2v) is 3.57. The molecule has 92 valence electrons. The lowest BCUT2D eigenvalue weighted by molar-refractivity contribution is 0.0586. The minimum Gasteiger partial charge on any atom is -0.464 e. The van der Waals surface area contributed by atoms with Gasteiger partial charge in [-0.25, -0.2) is 9.59 Å². The van der Waals surface area contributed by atoms with Gasteiger partial charge in [-0.2, -0.15) is 0 Å². The van der Waals surface area contributed by atoms with Crippen LogP contribution >= 0.6 is 23.2 Å². The first-order valence-corrected chi connectivity index (χ1v) is 4.97. The first-order chi connectivity index (χ1) is 7.93. The van der Waals surface area contributed by atoms with E-state index >= 15 is 0 Å². The van der Waals surface area contributed by atoms with Crippen molar-refractivity contribution in [2.45, 2.75) is 0 Å². The van der Waals surface area contributed by atoms with Crippen molar-refractivity contribution >= 4 is 35.1 Å². The molecule has 0 aliphatic heterocycles. The van der Waals surface area contributed by atoms with Crippen molar-refractivity contribution in [3.8, 4) is 0 Å². The zero-order valence-electron chi connectivity index (χ0n) is 8.80. The van der Waals surface area contributed by atoms with Gasteiger partial charge in [-0.15, -0.1) is 0 Å². The van der Waals surface area contributed by atoms with Gasteiger partial charge in [0.05, 0.1) is 14.2 Å². The lowest BCUT2D eigenvalue weighted by Gasteiger charge is -2.07. The molecule has 0 aromatic carbocycles. The molecule has 0 unspecified atom stereocenters. The zero-order valence-corrected chi connectivity index (χ0v) is 10.3. The molecule has 1 aromatic rings. The fraction of sp³-hybridized carbons (Fsp3) is 0.222. The maximum Gasteiger partial charge on any atom is 0.356 e. The highest BCUT2D eigenvalue weighted by Gasteiger charge is 2.23. The van der Waals surface area contributed by atoms with Crippen molar-refractivity contribution in [2.75, 3.05) is 14.2 Å². The van der Waals surface area contributed by atoms with Crippen molar-refractivity contribution in [2.24, 2.45) is 0 Å². The van der Waals surface area contributed by atoms with E-state index in [0.29, 0.717) is 0 Å². The van der Waals surface area contributed by atoms with Gasteiger partial charge in [-0.1, -0.05) is 23.2 Å². The molecule has 6 nitrogen and oxygen atoms in total. The summed E-state index contributed by atoms with van der Waals surface area (Å²) in [6.45, 7) is 0. The number of methoxy groups -OCH3 is 2. The van der Waals surface area contributed by atoms with Crippen LogP contribution in [0, 0.1) is 0 Å². The molecule has 8 heteroatoms. The van der Waals surface area contributed by atoms with Crippen LogP contribution in [0.1, 0.15) is 21.0 Å². The number of hydrogen-bond donors (Lipinski definition) is 1. The number of carbonyl (C=O) groups excluding carboxylic acids is 2. The molecule has 0 amide bonds. The van der Waals surface area contributed by atoms with E-state index in [1.165, 1.54) is 0 Å². The molecule has 1 heterocycles. The molecule has 1 N–H and O–H groups in total. The summed E-state index contributed by atoms with van der Waals surface area (Å²) in [4.78, 5) is 36.4. The van der Waals surface area contributed by atoms with Crippen molar-refractivity contribution < 1.29 is 19.1 Å². The number of ether oxygens (including phenoxy) is 2. The second kappa shape index (κ2) is 5.20. The fourth-order valence-corrected chi connectivity index (χ4v) is 1.53. The van der Waals surface area contributed by atoms with Gasteiger partial charge in [-0.05, 0) is 0 Å². The Kier molecular flexibility index (Phi) is 4.14. The molecule has 0 aliphatic rings. The molecular formula is C9H7Cl2NO5. The molecule has 0 saturated carbocycles. The highest BCUT2D eigenvalue weighted by atomic mass is 35.5. The van der Waals surface area contributed by atoms with Crippen LogP contribution in [-0.2, 0) is 9.47 Å². The fourth-order valence-electron chi connectivity index (χ4n) is 1.04. The van der Waals surface area contributed by atoms with E-state index in [1.54, 1.807) is 0 Å². The first kappa shape index (κ1) is 13.5. The van der Waals surface area contributed by atoms with Crippen LogP contribution in [0.2, 0.25) is 10.0 Å². The Morgan fingerprint density at radius 2 is 1.35 bits per heavy atom. The van der Waals surface area contributed by atoms with E-state index in [4.69, 9.17) is 23.2 Å². The molecule has 0 radical (unpaired) electrons. The Hall–Kier alpha value is -1.53. The summed E-state index contributed by atoms with van der Waals surface area (Å²) in [7, 11) is 2.20. The molecule has 17 heavy (non-hydrogen) atoms. The highest BCUT2D eigenvalue weighted by molar-refractivity contribution is 6.37. The molecule has 1 rings (SSSR count). The summed E-state index contributed by atoms with van der Waals surface area (Å²) in [6.07, 6.45) is 0. The summed E-state index contributed by atoms with van der Waals surface area (Å²) in [5, 5.41) is -0.899. The van der Waals surface area contributed by atoms with E-state index in [1.807, 2.05) is 0 Å². The number of carbonyl (C=O) groups is 2. The molecular weight excluding hydrogens is 273 g/mol. The number of hydrogen-bond acceptors (Lipinski definition) is 5. The summed E-state index contributed by atoms with van der Waals surface area (Å²) in [6, 6.07) is 0. The number of rotatable bonds is 2. The Bertz CT molecular complexity index is 494. The standard InChI is InChI=1S/C9H7Cl2NO5/c1-16-8(14)5-3(10)7(13)4(11)6(12-5)9(15)17-2/h1-2H3,(H,12,13). The van der Waals surface area contributed by atoms with Gasteiger partial charge in [0.15, 0.2) is 0 Å². The Morgan fingerprint density at radius 3 is 1.65 bits per heavy atom. The molecule has 1 aromatic heterocycles. The number of esters is 2. The van der Waals surface area contributed by atoms with E-state index in [0.717, 1.165) is 14.2 Å². The highest BCUT2D eigenvalue weighted by Crippen LogP contribution is 2.17. The van der Waals surface area contributed by atoms with Gasteiger partial charge in [0.1, 0.15) is 21.4 Å². The topological polar surface area (TPSA) is 85.5 Å². The quantitative estimate of drug-likeness (QED) is 0.824. The van der Waals surface area contributed by atoms with Crippen LogP contribution in [0.4, 0.5) is 0 Å². The van der Waals surface area contributed by atoms with Crippen LogP contribution < -0.4 is 5.43 Å². The Balaban J connectivity index is 3.56. The molecule has 0 spiro atoms. The van der Waals surface area contributed by atoms with Gasteiger partial charge in [0.2, 0.25) is 5.43 Å². The van der Waals surface area contributed by atoms with Crippen molar-refractivity contribution in [1.29, 1.82) is 0 Å². The van der Waals surface area contributed by atoms with Crippen LogP contribution in [-0.4, -0.2) is 31.1 Å². The zero-order chi connectivity index (χ0) is 13.2. The van der Waals surface area contributed by atoms with E-state index < -0.39 is 27.4 Å². The first-order valence-electron chi connectivity index (χ1n) is 4.22. The van der Waals surface area contributed by atoms with E-state index in [2.05, 4.69) is 14.5 Å². The molecule has 0 saturated heterocycles. The van der Waals surface area contributed by atoms with Crippen molar-refractivity contribution in [1.82, 2.24) is 4.98 Å². The van der Waals surface area contributed by atoms with Crippen molar-refractivity contribution in [3.05, 3.63) is 31.7 Å². The van der Waals surface area contributed by atoms with Crippen LogP contribution in [0.15, 0.2) is 4.79 Å². The average Bonchev–Trinajstić information content (AvgIpc) is 2.34. The number of nitrogens with one attached hydrogen (secondary N) is 1. The normalized spacial score (nSPS) is 9.88. The molecule has 0 aliphatic carbocycles. The number of halogens is 2. The summed E-state index contributed by atoms with van der Waals surface area (Å²) in [5.74, 6) is -1.79. The van der Waals surface area contributed by atoms with Gasteiger partial charge in [0, 0.05) is 0 Å². The number of pyridine rings is 1. The third-order valence-electron chi connectivity index (χ3n) is 1.87. The predicted octanol–water partition coefficient (Wildman–Crippen LogP) is 1.25. The van der Waals surface area contributed by atoms with Crippen LogP contribution in [0.5, 0.6) is 0 Å². The maximum atomic E-state index is 11.6. The lowest BCUT2D eigenvalue weighted by atomic mass is 10.3. The van der Waals surface area contributed by atoms with Crippen molar-refractivity contribution in [3.63, 3.8) is 0 Å². The van der Waals surface area contributed by atoms with Gasteiger partial charge >= 0.3 is 11.9 Å². The van der Waals surface area contributed by atoms with Gasteiger partial charge < -0.3 is 14.5 Å². The van der Waals surface area contributed by atoms with E-state index in [9.17, 15) is 14.4 Å². The largest absolute Gasteiger partial charge is 0.464 e. The summed E-state index contributed by atoms with van der Waals surface area (Å²) < 4.78 is 8.78. The Labute approximate surface area is 105 Å². The number of aromatic nitrogens is 1. The van der Waals surface area contributed by atoms with E-state index in [-0.39, 0.29) is 11.4 Å². The third-order valence-corrected chi connectivity index (χ3v) is 2.59. The predicted molar refractivity (Wildman–Crippen MR) is 59.8 cm³/mol. The SMILES string of the molecule is COC(=O)c1[nH]c(C(=O)OC)c(Cl)c(=O)c1Cl. The molecule has 0 fully saturated rings. The lowest BCUT2D eigenvalue weighted by Crippen LogP contribution is -2.19. The maximum absolute atomic E-state index is 11.6. The average molecular weight is 280 g/mol.